The molecule has 1 aromatic carbocycles. The summed E-state index contributed by atoms with van der Waals surface area (Å²) in [4.78, 5) is 4.39. The Morgan fingerprint density at radius 3 is 2.13 bits per heavy atom. The van der Waals surface area contributed by atoms with E-state index in [0.29, 0.717) is 0 Å². The minimum absolute atomic E-state index is 0.139. The summed E-state index contributed by atoms with van der Waals surface area (Å²) >= 11 is 0. The van der Waals surface area contributed by atoms with E-state index in [1.807, 2.05) is 6.08 Å². The number of aliphatic imine (C=N–C) groups is 1. The summed E-state index contributed by atoms with van der Waals surface area (Å²) < 4.78 is 0. The smallest absolute Gasteiger partial charge is 0.0787 e. The van der Waals surface area contributed by atoms with Crippen LogP contribution in [0.5, 0.6) is 0 Å². The molecule has 0 amide bonds. The van der Waals surface area contributed by atoms with Crippen molar-refractivity contribution in [2.75, 3.05) is 0 Å². The first kappa shape index (κ1) is 11.7. The van der Waals surface area contributed by atoms with Gasteiger partial charge in [-0.05, 0) is 42.3 Å². The molecule has 0 N–H and O–H groups in total. The van der Waals surface area contributed by atoms with Crippen LogP contribution in [0.4, 0.5) is 5.69 Å². The standard InChI is InChI=1S/C14H19N/c1-11-7-6-8-12(2)13(11)15-10-9-14(3,4)5/h6-9H,1-5H3. The Bertz CT molecular complexity index is 382. The molecule has 0 aliphatic rings. The third kappa shape index (κ3) is 3.73. The molecule has 0 heterocycles. The summed E-state index contributed by atoms with van der Waals surface area (Å²) in [5, 5.41) is 0. The molecular weight excluding hydrogens is 182 g/mol. The van der Waals surface area contributed by atoms with Crippen LogP contribution in [0.1, 0.15) is 31.9 Å². The number of hydrogen-bond acceptors (Lipinski definition) is 1. The van der Waals surface area contributed by atoms with Crippen LogP contribution in [-0.2, 0) is 0 Å². The Balaban J connectivity index is 3.05. The van der Waals surface area contributed by atoms with Gasteiger partial charge in [-0.2, -0.15) is 0 Å². The highest BCUT2D eigenvalue weighted by Gasteiger charge is 2.03. The lowest BCUT2D eigenvalue weighted by Gasteiger charge is -2.08. The van der Waals surface area contributed by atoms with E-state index in [0.717, 1.165) is 5.69 Å². The highest BCUT2D eigenvalue weighted by molar-refractivity contribution is 5.63. The number of aryl methyl sites for hydroxylation is 2. The molecule has 80 valence electrons. The van der Waals surface area contributed by atoms with Crippen molar-refractivity contribution in [1.29, 1.82) is 0 Å². The SMILES string of the molecule is Cc1cccc(C)c1N=C=CC(C)(C)C. The Labute approximate surface area is 92.6 Å². The fraction of sp³-hybridized carbons (Fsp3) is 0.429. The molecule has 0 aliphatic heterocycles. The lowest BCUT2D eigenvalue weighted by molar-refractivity contribution is 0.549. The lowest BCUT2D eigenvalue weighted by Crippen LogP contribution is -1.98. The summed E-state index contributed by atoms with van der Waals surface area (Å²) in [6, 6.07) is 6.20. The molecule has 1 rings (SSSR count). The Hall–Kier alpha value is -1.33. The van der Waals surface area contributed by atoms with E-state index in [1.165, 1.54) is 11.1 Å². The predicted octanol–water partition coefficient (Wildman–Crippen LogP) is 4.21. The number of para-hydroxylation sites is 1. The maximum absolute atomic E-state index is 4.39. The van der Waals surface area contributed by atoms with Crippen LogP contribution in [0.3, 0.4) is 0 Å². The van der Waals surface area contributed by atoms with Gasteiger partial charge in [0.25, 0.3) is 0 Å². The second-order valence-electron chi connectivity index (χ2n) is 4.99. The van der Waals surface area contributed by atoms with Gasteiger partial charge in [0, 0.05) is 0 Å². The first-order chi connectivity index (χ1) is 6.90. The molecule has 0 aromatic heterocycles. The van der Waals surface area contributed by atoms with Gasteiger partial charge in [-0.1, -0.05) is 39.0 Å². The second-order valence-corrected chi connectivity index (χ2v) is 4.99. The lowest BCUT2D eigenvalue weighted by atomic mass is 9.97. The van der Waals surface area contributed by atoms with E-state index >= 15 is 0 Å². The van der Waals surface area contributed by atoms with Crippen molar-refractivity contribution in [3.63, 3.8) is 0 Å². The second kappa shape index (κ2) is 4.46. The van der Waals surface area contributed by atoms with Crippen LogP contribution < -0.4 is 0 Å². The number of nitrogens with zero attached hydrogens (tertiary/aromatic N) is 1. The van der Waals surface area contributed by atoms with E-state index in [-0.39, 0.29) is 5.41 Å². The van der Waals surface area contributed by atoms with Crippen molar-refractivity contribution in [1.82, 2.24) is 0 Å². The first-order valence-corrected chi connectivity index (χ1v) is 5.27. The highest BCUT2D eigenvalue weighted by Crippen LogP contribution is 2.22. The maximum atomic E-state index is 4.39. The summed E-state index contributed by atoms with van der Waals surface area (Å²) in [6.07, 6.45) is 2.00. The number of hydrogen-bond donors (Lipinski definition) is 0. The molecule has 0 spiro atoms. The van der Waals surface area contributed by atoms with Gasteiger partial charge >= 0.3 is 0 Å². The summed E-state index contributed by atoms with van der Waals surface area (Å²) in [6.45, 7) is 10.6. The van der Waals surface area contributed by atoms with Gasteiger partial charge in [0.15, 0.2) is 0 Å². The first-order valence-electron chi connectivity index (χ1n) is 5.27. The van der Waals surface area contributed by atoms with E-state index in [4.69, 9.17) is 0 Å². The van der Waals surface area contributed by atoms with E-state index in [9.17, 15) is 0 Å². The van der Waals surface area contributed by atoms with Crippen molar-refractivity contribution in [2.45, 2.75) is 34.6 Å². The van der Waals surface area contributed by atoms with Crippen LogP contribution in [0.2, 0.25) is 0 Å². The van der Waals surface area contributed by atoms with Gasteiger partial charge in [0.05, 0.1) is 5.69 Å². The zero-order chi connectivity index (χ0) is 11.5. The minimum atomic E-state index is 0.139. The normalized spacial score (nSPS) is 10.7. The quantitative estimate of drug-likeness (QED) is 0.604. The van der Waals surface area contributed by atoms with Crippen LogP contribution in [0, 0.1) is 19.3 Å². The van der Waals surface area contributed by atoms with Gasteiger partial charge in [-0.15, -0.1) is 0 Å². The third-order valence-corrected chi connectivity index (χ3v) is 2.11. The molecule has 0 aliphatic carbocycles. The van der Waals surface area contributed by atoms with Gasteiger partial charge in [0.1, 0.15) is 0 Å². The largest absolute Gasteiger partial charge is 0.206 e. The van der Waals surface area contributed by atoms with Crippen molar-refractivity contribution in [2.24, 2.45) is 10.4 Å². The molecule has 0 fully saturated rings. The zero-order valence-corrected chi connectivity index (χ0v) is 10.3. The monoisotopic (exact) mass is 201 g/mol. The Morgan fingerprint density at radius 2 is 1.67 bits per heavy atom. The fourth-order valence-corrected chi connectivity index (χ4v) is 1.27. The van der Waals surface area contributed by atoms with Crippen molar-refractivity contribution in [3.8, 4) is 0 Å². The summed E-state index contributed by atoms with van der Waals surface area (Å²) in [5.41, 5.74) is 3.58. The molecule has 0 unspecified atom stereocenters. The number of benzene rings is 1. The predicted molar refractivity (Wildman–Crippen MR) is 67.0 cm³/mol. The molecule has 0 saturated carbocycles. The third-order valence-electron chi connectivity index (χ3n) is 2.11. The van der Waals surface area contributed by atoms with Crippen molar-refractivity contribution in [3.05, 3.63) is 35.4 Å². The van der Waals surface area contributed by atoms with Crippen molar-refractivity contribution < 1.29 is 0 Å². The molecule has 1 aromatic rings. The molecule has 1 nitrogen and oxygen atoms in total. The van der Waals surface area contributed by atoms with Crippen LogP contribution in [-0.4, -0.2) is 5.87 Å². The average molecular weight is 201 g/mol. The molecule has 0 atom stereocenters. The molecule has 1 heteroatoms. The molecule has 0 bridgehead atoms. The van der Waals surface area contributed by atoms with Crippen LogP contribution in [0.15, 0.2) is 29.3 Å². The van der Waals surface area contributed by atoms with Crippen molar-refractivity contribution >= 4 is 11.6 Å². The number of allylic oxidation sites excluding steroid dienone is 1. The molecule has 15 heavy (non-hydrogen) atoms. The minimum Gasteiger partial charge on any atom is -0.206 e. The summed E-state index contributed by atoms with van der Waals surface area (Å²) in [5.74, 6) is 3.02. The number of rotatable bonds is 1. The molecule has 0 radical (unpaired) electrons. The van der Waals surface area contributed by atoms with Crippen LogP contribution in [0.25, 0.3) is 0 Å². The highest BCUT2D eigenvalue weighted by atomic mass is 14.7. The summed E-state index contributed by atoms with van der Waals surface area (Å²) in [7, 11) is 0. The maximum Gasteiger partial charge on any atom is 0.0787 e. The van der Waals surface area contributed by atoms with E-state index < -0.39 is 0 Å². The van der Waals surface area contributed by atoms with Gasteiger partial charge in [0.2, 0.25) is 0 Å². The van der Waals surface area contributed by atoms with Crippen LogP contribution >= 0.6 is 0 Å². The van der Waals surface area contributed by atoms with Gasteiger partial charge in [-0.25, -0.2) is 4.99 Å². The Morgan fingerprint density at radius 1 is 1.13 bits per heavy atom. The zero-order valence-electron chi connectivity index (χ0n) is 10.3. The van der Waals surface area contributed by atoms with E-state index in [2.05, 4.69) is 63.7 Å². The topological polar surface area (TPSA) is 12.4 Å². The van der Waals surface area contributed by atoms with Gasteiger partial charge in [-0.3, -0.25) is 0 Å². The molecule has 0 saturated heterocycles. The Kier molecular flexibility index (Phi) is 3.49. The molecular formula is C14H19N. The van der Waals surface area contributed by atoms with Gasteiger partial charge < -0.3 is 0 Å². The fourth-order valence-electron chi connectivity index (χ4n) is 1.27. The van der Waals surface area contributed by atoms with E-state index in [1.54, 1.807) is 0 Å². The average Bonchev–Trinajstić information content (AvgIpc) is 2.08.